The number of rotatable bonds is 8. The maximum Gasteiger partial charge on any atom is 1.00 e. The van der Waals surface area contributed by atoms with E-state index in [1.165, 1.54) is 51.7 Å². The van der Waals surface area contributed by atoms with Crippen LogP contribution in [0.2, 0.25) is 0 Å². The molecule has 0 bridgehead atoms. The van der Waals surface area contributed by atoms with Crippen molar-refractivity contribution >= 4 is 0 Å². The van der Waals surface area contributed by atoms with Gasteiger partial charge in [0.1, 0.15) is 0 Å². The topological polar surface area (TPSA) is 3.24 Å². The van der Waals surface area contributed by atoms with Gasteiger partial charge in [0.2, 0.25) is 0 Å². The third-order valence-electron chi connectivity index (χ3n) is 2.20. The molecular formula is C11H26LiN. The fraction of sp³-hybridized carbons (Fsp3) is 1.00. The summed E-state index contributed by atoms with van der Waals surface area (Å²) in [4.78, 5) is 2.60. The molecule has 0 aromatic heterocycles. The summed E-state index contributed by atoms with van der Waals surface area (Å²) in [5.41, 5.74) is 0. The molecule has 0 unspecified atom stereocenters. The fourth-order valence-electron chi connectivity index (χ4n) is 1.42. The largest absolute Gasteiger partial charge is 1.00 e. The predicted molar refractivity (Wildman–Crippen MR) is 57.7 cm³/mol. The monoisotopic (exact) mass is 179 g/mol. The molecule has 0 fully saturated rings. The maximum absolute atomic E-state index is 2.60. The minimum Gasteiger partial charge on any atom is -1.00 e. The van der Waals surface area contributed by atoms with E-state index in [1.54, 1.807) is 0 Å². The molecule has 0 amide bonds. The smallest absolute Gasteiger partial charge is 1.00 e. The molecule has 0 rings (SSSR count). The first-order valence-corrected chi connectivity index (χ1v) is 5.57. The molecule has 0 aromatic carbocycles. The van der Waals surface area contributed by atoms with E-state index in [4.69, 9.17) is 0 Å². The molecule has 0 aromatic rings. The molecule has 76 valence electrons. The first-order valence-electron chi connectivity index (χ1n) is 5.57. The second kappa shape index (κ2) is 12.6. The van der Waals surface area contributed by atoms with E-state index in [0.29, 0.717) is 0 Å². The Morgan fingerprint density at radius 3 is 1.54 bits per heavy atom. The molecular weight excluding hydrogens is 153 g/mol. The minimum absolute atomic E-state index is 0. The summed E-state index contributed by atoms with van der Waals surface area (Å²) in [5.74, 6) is 0. The van der Waals surface area contributed by atoms with Gasteiger partial charge in [-0.25, -0.2) is 0 Å². The number of hydrogen-bond acceptors (Lipinski definition) is 1. The average Bonchev–Trinajstić information content (AvgIpc) is 2.10. The van der Waals surface area contributed by atoms with E-state index >= 15 is 0 Å². The molecule has 0 atom stereocenters. The molecule has 0 aliphatic rings. The minimum atomic E-state index is 0. The van der Waals surface area contributed by atoms with Crippen LogP contribution in [0.25, 0.3) is 0 Å². The number of hydrogen-bond donors (Lipinski definition) is 0. The number of unbranched alkanes of at least 4 members (excludes halogenated alkanes) is 2. The predicted octanol–water partition coefficient (Wildman–Crippen LogP) is 0.415. The Bertz CT molecular complexity index is 83.4. The van der Waals surface area contributed by atoms with Crippen molar-refractivity contribution in [3.8, 4) is 0 Å². The Hall–Kier alpha value is 0.557. The van der Waals surface area contributed by atoms with Gasteiger partial charge in [0.05, 0.1) is 0 Å². The van der Waals surface area contributed by atoms with Gasteiger partial charge in [-0.2, -0.15) is 0 Å². The summed E-state index contributed by atoms with van der Waals surface area (Å²) in [7, 11) is 0. The van der Waals surface area contributed by atoms with Gasteiger partial charge in [-0.1, -0.05) is 33.6 Å². The second-order valence-corrected chi connectivity index (χ2v) is 3.55. The third-order valence-corrected chi connectivity index (χ3v) is 2.20. The first kappa shape index (κ1) is 16.0. The molecule has 0 N–H and O–H groups in total. The van der Waals surface area contributed by atoms with Gasteiger partial charge < -0.3 is 6.33 Å². The molecule has 0 saturated heterocycles. The van der Waals surface area contributed by atoms with Crippen molar-refractivity contribution < 1.29 is 20.3 Å². The van der Waals surface area contributed by atoms with Crippen LogP contribution >= 0.6 is 0 Å². The van der Waals surface area contributed by atoms with E-state index in [2.05, 4.69) is 25.7 Å². The second-order valence-electron chi connectivity index (χ2n) is 3.55. The summed E-state index contributed by atoms with van der Waals surface area (Å²) in [6.07, 6.45) is 6.68. The van der Waals surface area contributed by atoms with Crippen molar-refractivity contribution in [3.63, 3.8) is 0 Å². The summed E-state index contributed by atoms with van der Waals surface area (Å²) in [6.45, 7) is 10.7. The van der Waals surface area contributed by atoms with Crippen molar-refractivity contribution in [2.45, 2.75) is 52.9 Å². The third kappa shape index (κ3) is 10.5. The number of nitrogens with zero attached hydrogens (tertiary/aromatic N) is 1. The average molecular weight is 179 g/mol. The zero-order valence-corrected chi connectivity index (χ0v) is 10.1. The molecule has 1 nitrogen and oxygen atoms in total. The van der Waals surface area contributed by atoms with E-state index in [9.17, 15) is 0 Å². The molecule has 0 aliphatic carbocycles. The summed E-state index contributed by atoms with van der Waals surface area (Å²) >= 11 is 0. The normalized spacial score (nSPS) is 10.2. The molecule has 2 heteroatoms. The van der Waals surface area contributed by atoms with Crippen molar-refractivity contribution in [3.05, 3.63) is 0 Å². The van der Waals surface area contributed by atoms with E-state index in [-0.39, 0.29) is 20.3 Å². The zero-order valence-electron chi connectivity index (χ0n) is 11.1. The van der Waals surface area contributed by atoms with E-state index in [0.717, 1.165) is 0 Å². The van der Waals surface area contributed by atoms with Crippen LogP contribution in [-0.4, -0.2) is 24.5 Å². The SMILES string of the molecule is CCCCN(CCC)CCCC.[H-].[Li+]. The van der Waals surface area contributed by atoms with E-state index < -0.39 is 0 Å². The van der Waals surface area contributed by atoms with Gasteiger partial charge in [-0.3, -0.25) is 0 Å². The summed E-state index contributed by atoms with van der Waals surface area (Å²) in [5, 5.41) is 0. The summed E-state index contributed by atoms with van der Waals surface area (Å²) in [6, 6.07) is 0. The van der Waals surface area contributed by atoms with Gasteiger partial charge >= 0.3 is 18.9 Å². The van der Waals surface area contributed by atoms with Crippen molar-refractivity contribution in [2.75, 3.05) is 19.6 Å². The van der Waals surface area contributed by atoms with Crippen LogP contribution in [-0.2, 0) is 0 Å². The van der Waals surface area contributed by atoms with Crippen LogP contribution in [0.3, 0.4) is 0 Å². The Labute approximate surface area is 97.9 Å². The van der Waals surface area contributed by atoms with E-state index in [1.807, 2.05) is 0 Å². The van der Waals surface area contributed by atoms with Crippen molar-refractivity contribution in [2.24, 2.45) is 0 Å². The van der Waals surface area contributed by atoms with Gasteiger partial charge in [-0.15, -0.1) is 0 Å². The van der Waals surface area contributed by atoms with Crippen LogP contribution in [0.5, 0.6) is 0 Å². The van der Waals surface area contributed by atoms with Crippen molar-refractivity contribution in [1.82, 2.24) is 4.90 Å². The Morgan fingerprint density at radius 1 is 0.769 bits per heavy atom. The Balaban J connectivity index is -0.000000605. The zero-order chi connectivity index (χ0) is 9.23. The van der Waals surface area contributed by atoms with Gasteiger partial charge in [0.15, 0.2) is 0 Å². The standard InChI is InChI=1S/C11H25N.Li.H/c1-4-7-10-12(9-6-3)11-8-5-2;;/h4-11H2,1-3H3;;/q;+1;-1. The molecule has 0 radical (unpaired) electrons. The maximum atomic E-state index is 2.60. The Kier molecular flexibility index (Phi) is 15.5. The first-order chi connectivity index (χ1) is 5.85. The van der Waals surface area contributed by atoms with Crippen molar-refractivity contribution in [1.29, 1.82) is 0 Å². The fourth-order valence-corrected chi connectivity index (χ4v) is 1.42. The summed E-state index contributed by atoms with van der Waals surface area (Å²) < 4.78 is 0. The van der Waals surface area contributed by atoms with Crippen LogP contribution in [0.1, 0.15) is 54.3 Å². The van der Waals surface area contributed by atoms with Crippen LogP contribution in [0.4, 0.5) is 0 Å². The van der Waals surface area contributed by atoms with Crippen LogP contribution in [0.15, 0.2) is 0 Å². The molecule has 0 spiro atoms. The van der Waals surface area contributed by atoms with Gasteiger partial charge in [0, 0.05) is 0 Å². The van der Waals surface area contributed by atoms with Crippen LogP contribution in [0, 0.1) is 0 Å². The molecule has 0 aliphatic heterocycles. The van der Waals surface area contributed by atoms with Gasteiger partial charge in [0.25, 0.3) is 0 Å². The Morgan fingerprint density at radius 2 is 1.23 bits per heavy atom. The van der Waals surface area contributed by atoms with Crippen LogP contribution < -0.4 is 18.9 Å². The molecule has 0 heterocycles. The molecule has 0 saturated carbocycles. The van der Waals surface area contributed by atoms with Gasteiger partial charge in [-0.05, 0) is 38.9 Å². The molecule has 13 heavy (non-hydrogen) atoms. The quantitative estimate of drug-likeness (QED) is 0.488.